The lowest BCUT2D eigenvalue weighted by Gasteiger charge is -2.55. The van der Waals surface area contributed by atoms with Gasteiger partial charge in [0.25, 0.3) is 0 Å². The van der Waals surface area contributed by atoms with E-state index in [1.54, 1.807) is 16.4 Å². The molecule has 1 fully saturated rings. The average molecular weight is 434 g/mol. The third-order valence-corrected chi connectivity index (χ3v) is 8.32. The average Bonchev–Trinajstić information content (AvgIpc) is 2.74. The third kappa shape index (κ3) is 3.61. The Hall–Kier alpha value is -2.47. The van der Waals surface area contributed by atoms with Crippen molar-refractivity contribution in [3.63, 3.8) is 0 Å². The number of nitrogens with zero attached hydrogens (tertiary/aromatic N) is 1. The van der Waals surface area contributed by atoms with E-state index < -0.39 is 21.2 Å². The molecular weight excluding hydrogens is 406 g/mol. The van der Waals surface area contributed by atoms with E-state index in [4.69, 9.17) is 4.74 Å². The van der Waals surface area contributed by atoms with Crippen molar-refractivity contribution in [2.75, 3.05) is 13.1 Å². The Kier molecular flexibility index (Phi) is 4.81. The fourth-order valence-electron chi connectivity index (χ4n) is 5.18. The number of fused-ring (bicyclic) bond motifs is 4. The number of hydrogen-bond donors (Lipinski definition) is 0. The van der Waals surface area contributed by atoms with Crippen molar-refractivity contribution in [3.8, 4) is 0 Å². The largest absolute Gasteiger partial charge is 0.361 e. The minimum Gasteiger partial charge on any atom is -0.361 e. The maximum atomic E-state index is 13.6. The van der Waals surface area contributed by atoms with Crippen molar-refractivity contribution < 1.29 is 13.2 Å². The lowest BCUT2D eigenvalue weighted by molar-refractivity contribution is -0.205. The SMILES string of the molecule is Cc1ccc(S(=O)(=O)N2C[C@@]3(Cc4ccccc4)Cc4ccccc4[C@@](C)(C2)O3)cc1. The second-order valence-electron chi connectivity index (χ2n) is 9.10. The molecule has 5 heteroatoms. The summed E-state index contributed by atoms with van der Waals surface area (Å²) in [5.41, 5.74) is 3.22. The lowest BCUT2D eigenvalue weighted by Crippen LogP contribution is -2.64. The van der Waals surface area contributed by atoms with Crippen LogP contribution < -0.4 is 0 Å². The van der Waals surface area contributed by atoms with Crippen LogP contribution in [-0.4, -0.2) is 31.4 Å². The molecule has 2 aliphatic rings. The van der Waals surface area contributed by atoms with Crippen LogP contribution in [0.15, 0.2) is 83.8 Å². The maximum Gasteiger partial charge on any atom is 0.243 e. The van der Waals surface area contributed by atoms with E-state index in [1.807, 2.05) is 50.2 Å². The summed E-state index contributed by atoms with van der Waals surface area (Å²) >= 11 is 0. The Morgan fingerprint density at radius 1 is 0.903 bits per heavy atom. The van der Waals surface area contributed by atoms with E-state index in [1.165, 1.54) is 5.56 Å². The minimum absolute atomic E-state index is 0.302. The first-order chi connectivity index (χ1) is 14.8. The van der Waals surface area contributed by atoms with E-state index in [0.29, 0.717) is 30.8 Å². The van der Waals surface area contributed by atoms with Crippen molar-refractivity contribution in [1.29, 1.82) is 0 Å². The summed E-state index contributed by atoms with van der Waals surface area (Å²) in [6, 6.07) is 25.6. The molecule has 5 rings (SSSR count). The van der Waals surface area contributed by atoms with Gasteiger partial charge in [-0.3, -0.25) is 0 Å². The van der Waals surface area contributed by atoms with Crippen molar-refractivity contribution in [1.82, 2.24) is 4.31 Å². The highest BCUT2D eigenvalue weighted by Gasteiger charge is 2.54. The molecule has 0 aromatic heterocycles. The molecule has 0 saturated carbocycles. The Morgan fingerprint density at radius 2 is 1.58 bits per heavy atom. The van der Waals surface area contributed by atoms with E-state index in [-0.39, 0.29) is 0 Å². The highest BCUT2D eigenvalue weighted by molar-refractivity contribution is 7.89. The maximum absolute atomic E-state index is 13.6. The van der Waals surface area contributed by atoms with Crippen LogP contribution in [0.1, 0.15) is 29.2 Å². The molecule has 0 aliphatic carbocycles. The number of hydrogen-bond acceptors (Lipinski definition) is 3. The van der Waals surface area contributed by atoms with Crippen LogP contribution in [0.25, 0.3) is 0 Å². The van der Waals surface area contributed by atoms with Gasteiger partial charge in [0, 0.05) is 25.9 Å². The molecule has 0 radical (unpaired) electrons. The van der Waals surface area contributed by atoms with E-state index in [2.05, 4.69) is 30.3 Å². The van der Waals surface area contributed by atoms with E-state index in [9.17, 15) is 8.42 Å². The summed E-state index contributed by atoms with van der Waals surface area (Å²) in [4.78, 5) is 0.338. The van der Waals surface area contributed by atoms with E-state index >= 15 is 0 Å². The van der Waals surface area contributed by atoms with Crippen LogP contribution in [0.2, 0.25) is 0 Å². The smallest absolute Gasteiger partial charge is 0.243 e. The number of ether oxygens (including phenoxy) is 1. The zero-order valence-electron chi connectivity index (χ0n) is 17.9. The Morgan fingerprint density at radius 3 is 2.32 bits per heavy atom. The fourth-order valence-corrected chi connectivity index (χ4v) is 6.78. The third-order valence-electron chi connectivity index (χ3n) is 6.51. The summed E-state index contributed by atoms with van der Waals surface area (Å²) < 4.78 is 35.7. The van der Waals surface area contributed by atoms with Gasteiger partial charge >= 0.3 is 0 Å². The Balaban J connectivity index is 1.60. The molecule has 0 spiro atoms. The van der Waals surface area contributed by atoms with Crippen LogP contribution >= 0.6 is 0 Å². The zero-order valence-corrected chi connectivity index (χ0v) is 18.7. The second kappa shape index (κ2) is 7.30. The van der Waals surface area contributed by atoms with Gasteiger partial charge in [0.15, 0.2) is 0 Å². The van der Waals surface area contributed by atoms with Gasteiger partial charge in [0.1, 0.15) is 5.60 Å². The molecule has 3 aromatic carbocycles. The summed E-state index contributed by atoms with van der Waals surface area (Å²) in [7, 11) is -3.64. The number of sulfonamides is 1. The molecule has 2 heterocycles. The first kappa shape index (κ1) is 20.4. The molecule has 2 atom stereocenters. The molecule has 160 valence electrons. The van der Waals surface area contributed by atoms with Gasteiger partial charge in [0.05, 0.1) is 10.5 Å². The molecular formula is C26H27NO3S. The standard InChI is InChI=1S/C26H27NO3S/c1-20-12-14-23(15-13-20)31(28,29)27-18-25(2)24-11-7-6-10-22(24)17-26(19-27,30-25)16-21-8-4-3-5-9-21/h3-15H,16-19H2,1-2H3/t25-,26-/m1/s1. The molecule has 0 N–H and O–H groups in total. The highest BCUT2D eigenvalue weighted by atomic mass is 32.2. The van der Waals surface area contributed by atoms with Crippen LogP contribution in [0.4, 0.5) is 0 Å². The number of morpholine rings is 1. The van der Waals surface area contributed by atoms with Gasteiger partial charge in [-0.2, -0.15) is 4.31 Å². The van der Waals surface area contributed by atoms with E-state index in [0.717, 1.165) is 16.7 Å². The number of aryl methyl sites for hydroxylation is 1. The van der Waals surface area contributed by atoms with Gasteiger partial charge in [-0.05, 0) is 42.7 Å². The van der Waals surface area contributed by atoms with Crippen LogP contribution in [-0.2, 0) is 33.2 Å². The lowest BCUT2D eigenvalue weighted by atomic mass is 9.76. The Bertz CT molecular complexity index is 1210. The monoisotopic (exact) mass is 433 g/mol. The van der Waals surface area contributed by atoms with Crippen molar-refractivity contribution in [3.05, 3.63) is 101 Å². The van der Waals surface area contributed by atoms with Crippen molar-refractivity contribution in [2.24, 2.45) is 0 Å². The predicted octanol–water partition coefficient (Wildman–Crippen LogP) is 4.47. The molecule has 31 heavy (non-hydrogen) atoms. The normalized spacial score (nSPS) is 25.7. The first-order valence-electron chi connectivity index (χ1n) is 10.7. The quantitative estimate of drug-likeness (QED) is 0.610. The topological polar surface area (TPSA) is 46.6 Å². The molecule has 2 aliphatic heterocycles. The number of benzene rings is 3. The predicted molar refractivity (Wildman–Crippen MR) is 121 cm³/mol. The minimum atomic E-state index is -3.64. The van der Waals surface area contributed by atoms with Crippen LogP contribution in [0.5, 0.6) is 0 Å². The fraction of sp³-hybridized carbons (Fsp3) is 0.308. The summed E-state index contributed by atoms with van der Waals surface area (Å²) in [5.74, 6) is 0. The van der Waals surface area contributed by atoms with Crippen LogP contribution in [0.3, 0.4) is 0 Å². The molecule has 1 saturated heterocycles. The molecule has 3 aromatic rings. The zero-order chi connectivity index (χ0) is 21.7. The van der Waals surface area contributed by atoms with Crippen molar-refractivity contribution >= 4 is 10.0 Å². The summed E-state index contributed by atoms with van der Waals surface area (Å²) in [5, 5.41) is 0. The van der Waals surface area contributed by atoms with Gasteiger partial charge in [-0.1, -0.05) is 72.3 Å². The Labute approximate surface area is 184 Å². The molecule has 0 amide bonds. The summed E-state index contributed by atoms with van der Waals surface area (Å²) in [6.45, 7) is 4.63. The van der Waals surface area contributed by atoms with Crippen molar-refractivity contribution in [2.45, 2.75) is 42.8 Å². The molecule has 2 bridgehead atoms. The van der Waals surface area contributed by atoms with Gasteiger partial charge in [-0.25, -0.2) is 8.42 Å². The summed E-state index contributed by atoms with van der Waals surface area (Å²) in [6.07, 6.45) is 1.35. The molecule has 4 nitrogen and oxygen atoms in total. The first-order valence-corrected chi connectivity index (χ1v) is 12.1. The van der Waals surface area contributed by atoms with Crippen LogP contribution in [0, 0.1) is 6.92 Å². The van der Waals surface area contributed by atoms with Gasteiger partial charge in [0.2, 0.25) is 10.0 Å². The number of rotatable bonds is 4. The highest BCUT2D eigenvalue weighted by Crippen LogP contribution is 2.47. The molecule has 0 unspecified atom stereocenters. The second-order valence-corrected chi connectivity index (χ2v) is 11.0. The van der Waals surface area contributed by atoms with Gasteiger partial charge in [-0.15, -0.1) is 0 Å². The van der Waals surface area contributed by atoms with Gasteiger partial charge < -0.3 is 4.74 Å².